The van der Waals surface area contributed by atoms with Crippen LogP contribution in [-0.2, 0) is 0 Å². The second-order valence-corrected chi connectivity index (χ2v) is 8.33. The summed E-state index contributed by atoms with van der Waals surface area (Å²) in [5, 5.41) is 5.36. The molecule has 0 spiro atoms. The zero-order valence-corrected chi connectivity index (χ0v) is 16.5. The molecule has 3 aromatic rings. The molecule has 0 atom stereocenters. The molecule has 0 unspecified atom stereocenters. The maximum atomic E-state index is 13.8. The van der Waals surface area contributed by atoms with Gasteiger partial charge < -0.3 is 9.32 Å². The van der Waals surface area contributed by atoms with E-state index in [9.17, 15) is 4.79 Å². The third-order valence-corrected chi connectivity index (χ3v) is 5.95. The molecule has 5 rings (SSSR count). The summed E-state index contributed by atoms with van der Waals surface area (Å²) in [4.78, 5) is 20.7. The lowest BCUT2D eigenvalue weighted by atomic mass is 10.1. The van der Waals surface area contributed by atoms with Crippen molar-refractivity contribution in [3.05, 3.63) is 36.2 Å². The molecule has 1 amide bonds. The van der Waals surface area contributed by atoms with E-state index in [0.29, 0.717) is 29.1 Å². The average Bonchev–Trinajstić information content (AvgIpc) is 3.14. The Hall–Kier alpha value is -2.63. The van der Waals surface area contributed by atoms with E-state index in [0.717, 1.165) is 36.7 Å². The highest BCUT2D eigenvalue weighted by atomic mass is 16.3. The molecule has 0 radical (unpaired) electrons. The second kappa shape index (κ2) is 6.76. The van der Waals surface area contributed by atoms with E-state index in [4.69, 9.17) is 9.40 Å². The molecule has 6 nitrogen and oxygen atoms in total. The summed E-state index contributed by atoms with van der Waals surface area (Å²) in [6, 6.07) is 6.54. The Kier molecular flexibility index (Phi) is 4.22. The smallest absolute Gasteiger partial charge is 0.255 e. The van der Waals surface area contributed by atoms with E-state index in [1.165, 1.54) is 12.8 Å². The van der Waals surface area contributed by atoms with Crippen molar-refractivity contribution in [3.63, 3.8) is 0 Å². The summed E-state index contributed by atoms with van der Waals surface area (Å²) in [7, 11) is 0. The fraction of sp³-hybridized carbons (Fsp3) is 0.500. The van der Waals surface area contributed by atoms with Gasteiger partial charge in [0.15, 0.2) is 11.4 Å². The summed E-state index contributed by atoms with van der Waals surface area (Å²) < 4.78 is 7.47. The minimum absolute atomic E-state index is 0.123. The van der Waals surface area contributed by atoms with Gasteiger partial charge >= 0.3 is 0 Å². The van der Waals surface area contributed by atoms with Gasteiger partial charge in [0.2, 0.25) is 0 Å². The number of aromatic nitrogens is 3. The van der Waals surface area contributed by atoms with Crippen molar-refractivity contribution in [1.29, 1.82) is 0 Å². The van der Waals surface area contributed by atoms with Gasteiger partial charge in [-0.25, -0.2) is 9.67 Å². The maximum absolute atomic E-state index is 13.8. The van der Waals surface area contributed by atoms with Crippen molar-refractivity contribution < 1.29 is 9.21 Å². The first kappa shape index (κ1) is 17.5. The van der Waals surface area contributed by atoms with E-state index in [1.54, 1.807) is 12.5 Å². The molecular weight excluding hydrogens is 352 g/mol. The van der Waals surface area contributed by atoms with E-state index < -0.39 is 0 Å². The highest BCUT2D eigenvalue weighted by Crippen LogP contribution is 2.37. The standard InChI is InChI=1S/C22H26N4O2/c1-14(2)26-21-18(13-23-26)17(12-19(24-21)20-8-5-11-28-20)22(27)25(16-9-10-16)15-6-3-4-7-15/h5,8,11-16H,3-4,6-7,9-10H2,1-2H3. The molecule has 28 heavy (non-hydrogen) atoms. The number of carbonyl (C=O) groups is 1. The Morgan fingerprint density at radius 1 is 1.21 bits per heavy atom. The molecule has 3 heterocycles. The topological polar surface area (TPSA) is 64.2 Å². The van der Waals surface area contributed by atoms with Gasteiger partial charge in [0, 0.05) is 18.1 Å². The number of hydrogen-bond donors (Lipinski definition) is 0. The Labute approximate surface area is 164 Å². The van der Waals surface area contributed by atoms with Gasteiger partial charge in [-0.05, 0) is 57.7 Å². The van der Waals surface area contributed by atoms with Crippen LogP contribution in [0.4, 0.5) is 0 Å². The van der Waals surface area contributed by atoms with Gasteiger partial charge in [0.25, 0.3) is 5.91 Å². The molecule has 0 bridgehead atoms. The molecule has 3 aromatic heterocycles. The van der Waals surface area contributed by atoms with E-state index >= 15 is 0 Å². The monoisotopic (exact) mass is 378 g/mol. The number of hydrogen-bond acceptors (Lipinski definition) is 4. The van der Waals surface area contributed by atoms with E-state index in [-0.39, 0.29) is 11.9 Å². The predicted molar refractivity (Wildman–Crippen MR) is 107 cm³/mol. The highest BCUT2D eigenvalue weighted by molar-refractivity contribution is 6.06. The summed E-state index contributed by atoms with van der Waals surface area (Å²) in [5.41, 5.74) is 2.13. The molecule has 2 aliphatic rings. The van der Waals surface area contributed by atoms with Crippen LogP contribution >= 0.6 is 0 Å². The van der Waals surface area contributed by atoms with E-state index in [2.05, 4.69) is 23.8 Å². The van der Waals surface area contributed by atoms with Crippen LogP contribution in [-0.4, -0.2) is 37.7 Å². The SMILES string of the molecule is CC(C)n1ncc2c(C(=O)N(C3CCCC3)C3CC3)cc(-c3ccco3)nc21. The summed E-state index contributed by atoms with van der Waals surface area (Å²) in [5.74, 6) is 0.796. The van der Waals surface area contributed by atoms with Crippen LogP contribution in [0.25, 0.3) is 22.5 Å². The molecule has 6 heteroatoms. The Morgan fingerprint density at radius 3 is 2.61 bits per heavy atom. The van der Waals surface area contributed by atoms with Crippen molar-refractivity contribution in [2.75, 3.05) is 0 Å². The average molecular weight is 378 g/mol. The largest absolute Gasteiger partial charge is 0.463 e. The van der Waals surface area contributed by atoms with E-state index in [1.807, 2.05) is 22.9 Å². The number of furan rings is 1. The van der Waals surface area contributed by atoms with Crippen molar-refractivity contribution in [1.82, 2.24) is 19.7 Å². The first-order chi connectivity index (χ1) is 13.6. The van der Waals surface area contributed by atoms with Crippen LogP contribution in [0.1, 0.15) is 68.8 Å². The van der Waals surface area contributed by atoms with Crippen molar-refractivity contribution >= 4 is 16.9 Å². The third kappa shape index (κ3) is 2.91. The predicted octanol–water partition coefficient (Wildman–Crippen LogP) is 4.82. The first-order valence-electron chi connectivity index (χ1n) is 10.4. The lowest BCUT2D eigenvalue weighted by molar-refractivity contribution is 0.0666. The highest BCUT2D eigenvalue weighted by Gasteiger charge is 2.39. The molecular formula is C22H26N4O2. The molecule has 146 valence electrons. The maximum Gasteiger partial charge on any atom is 0.255 e. The molecule has 0 N–H and O–H groups in total. The fourth-order valence-electron chi connectivity index (χ4n) is 4.43. The molecule has 0 saturated heterocycles. The van der Waals surface area contributed by atoms with Crippen LogP contribution in [0.3, 0.4) is 0 Å². The molecule has 0 aliphatic heterocycles. The lowest BCUT2D eigenvalue weighted by Gasteiger charge is -2.29. The first-order valence-corrected chi connectivity index (χ1v) is 10.4. The Bertz CT molecular complexity index is 995. The minimum atomic E-state index is 0.123. The van der Waals surface area contributed by atoms with Gasteiger partial charge in [0.05, 0.1) is 23.4 Å². The molecule has 2 saturated carbocycles. The van der Waals surface area contributed by atoms with Crippen LogP contribution in [0, 0.1) is 0 Å². The number of carbonyl (C=O) groups excluding carboxylic acids is 1. The van der Waals surface area contributed by atoms with Gasteiger partial charge in [-0.1, -0.05) is 12.8 Å². The number of amides is 1. The molecule has 2 aliphatic carbocycles. The molecule has 0 aromatic carbocycles. The summed E-state index contributed by atoms with van der Waals surface area (Å²) >= 11 is 0. The minimum Gasteiger partial charge on any atom is -0.463 e. The number of fused-ring (bicyclic) bond motifs is 1. The fourth-order valence-corrected chi connectivity index (χ4v) is 4.43. The second-order valence-electron chi connectivity index (χ2n) is 8.33. The quantitative estimate of drug-likeness (QED) is 0.638. The van der Waals surface area contributed by atoms with Gasteiger partial charge in [-0.2, -0.15) is 5.10 Å². The zero-order chi connectivity index (χ0) is 19.3. The van der Waals surface area contributed by atoms with Gasteiger partial charge in [0.1, 0.15) is 5.69 Å². The number of pyridine rings is 1. The Balaban J connectivity index is 1.65. The van der Waals surface area contributed by atoms with Crippen LogP contribution in [0.15, 0.2) is 35.1 Å². The Morgan fingerprint density at radius 2 is 1.96 bits per heavy atom. The van der Waals surface area contributed by atoms with Gasteiger partial charge in [-0.15, -0.1) is 0 Å². The van der Waals surface area contributed by atoms with Crippen LogP contribution in [0.2, 0.25) is 0 Å². The number of rotatable bonds is 5. The van der Waals surface area contributed by atoms with Crippen molar-refractivity contribution in [2.45, 2.75) is 70.5 Å². The molecule has 2 fully saturated rings. The normalized spacial score (nSPS) is 17.7. The zero-order valence-electron chi connectivity index (χ0n) is 16.5. The van der Waals surface area contributed by atoms with Crippen molar-refractivity contribution in [3.8, 4) is 11.5 Å². The van der Waals surface area contributed by atoms with Gasteiger partial charge in [-0.3, -0.25) is 4.79 Å². The summed E-state index contributed by atoms with van der Waals surface area (Å²) in [6.07, 6.45) is 10.3. The summed E-state index contributed by atoms with van der Waals surface area (Å²) in [6.45, 7) is 4.15. The van der Waals surface area contributed by atoms with Crippen LogP contribution in [0.5, 0.6) is 0 Å². The third-order valence-electron chi connectivity index (χ3n) is 5.95. The lowest BCUT2D eigenvalue weighted by Crippen LogP contribution is -2.40. The number of nitrogens with zero attached hydrogens (tertiary/aromatic N) is 4. The van der Waals surface area contributed by atoms with Crippen LogP contribution < -0.4 is 0 Å². The van der Waals surface area contributed by atoms with Crippen molar-refractivity contribution in [2.24, 2.45) is 0 Å².